The highest BCUT2D eigenvalue weighted by molar-refractivity contribution is 5.88. The number of nitro groups is 1. The molecule has 0 spiro atoms. The maximum absolute atomic E-state index is 11.1. The van der Waals surface area contributed by atoms with Crippen molar-refractivity contribution in [1.82, 2.24) is 0 Å². The first-order chi connectivity index (χ1) is 9.90. The van der Waals surface area contributed by atoms with E-state index in [1.54, 1.807) is 0 Å². The van der Waals surface area contributed by atoms with Gasteiger partial charge in [0, 0.05) is 6.07 Å². The van der Waals surface area contributed by atoms with E-state index in [1.807, 2.05) is 32.0 Å². The molecule has 108 valence electrons. The maximum atomic E-state index is 11.1. The second-order valence-corrected chi connectivity index (χ2v) is 4.57. The van der Waals surface area contributed by atoms with Gasteiger partial charge in [0.1, 0.15) is 5.75 Å². The number of nitrogens with zero attached hydrogens (tertiary/aromatic N) is 1. The number of hydrogen-bond donors (Lipinski definition) is 1. The van der Waals surface area contributed by atoms with Gasteiger partial charge in [-0.05, 0) is 37.1 Å². The van der Waals surface area contributed by atoms with Gasteiger partial charge in [0.15, 0.2) is 0 Å². The second kappa shape index (κ2) is 5.62. The number of nitro benzene ring substituents is 1. The molecule has 0 bridgehead atoms. The Morgan fingerprint density at radius 3 is 2.33 bits per heavy atom. The van der Waals surface area contributed by atoms with Crippen molar-refractivity contribution in [2.75, 3.05) is 0 Å². The van der Waals surface area contributed by atoms with E-state index in [2.05, 4.69) is 0 Å². The molecule has 0 saturated carbocycles. The Kier molecular flexibility index (Phi) is 3.89. The SMILES string of the molecule is Cc1cccc(C)c1Oc1ccc(C(=O)O)cc1[N+](=O)[O-]. The van der Waals surface area contributed by atoms with Crippen molar-refractivity contribution < 1.29 is 19.6 Å². The zero-order valence-electron chi connectivity index (χ0n) is 11.5. The van der Waals surface area contributed by atoms with Crippen LogP contribution in [0.5, 0.6) is 11.5 Å². The van der Waals surface area contributed by atoms with Crippen LogP contribution in [-0.2, 0) is 0 Å². The summed E-state index contributed by atoms with van der Waals surface area (Å²) in [5, 5.41) is 20.0. The normalized spacial score (nSPS) is 10.2. The minimum absolute atomic E-state index is 0.0161. The largest absolute Gasteiger partial charge is 0.478 e. The number of carbonyl (C=O) groups is 1. The summed E-state index contributed by atoms with van der Waals surface area (Å²) >= 11 is 0. The average molecular weight is 287 g/mol. The van der Waals surface area contributed by atoms with Crippen molar-refractivity contribution in [2.24, 2.45) is 0 Å². The number of aryl methyl sites for hydroxylation is 2. The highest BCUT2D eigenvalue weighted by Gasteiger charge is 2.20. The fourth-order valence-corrected chi connectivity index (χ4v) is 1.95. The number of carboxylic acids is 1. The van der Waals surface area contributed by atoms with E-state index in [1.165, 1.54) is 12.1 Å². The Morgan fingerprint density at radius 2 is 1.81 bits per heavy atom. The van der Waals surface area contributed by atoms with Gasteiger partial charge in [-0.3, -0.25) is 10.1 Å². The van der Waals surface area contributed by atoms with Crippen molar-refractivity contribution in [3.63, 3.8) is 0 Å². The third-order valence-electron chi connectivity index (χ3n) is 3.02. The van der Waals surface area contributed by atoms with Gasteiger partial charge in [0.2, 0.25) is 5.75 Å². The summed E-state index contributed by atoms with van der Waals surface area (Å²) < 4.78 is 5.63. The van der Waals surface area contributed by atoms with Gasteiger partial charge in [0.25, 0.3) is 0 Å². The number of hydrogen-bond acceptors (Lipinski definition) is 4. The van der Waals surface area contributed by atoms with E-state index in [9.17, 15) is 14.9 Å². The van der Waals surface area contributed by atoms with Crippen LogP contribution in [0.3, 0.4) is 0 Å². The highest BCUT2D eigenvalue weighted by atomic mass is 16.6. The zero-order chi connectivity index (χ0) is 15.6. The van der Waals surface area contributed by atoms with Crippen LogP contribution in [-0.4, -0.2) is 16.0 Å². The molecule has 0 aliphatic rings. The van der Waals surface area contributed by atoms with E-state index >= 15 is 0 Å². The lowest BCUT2D eigenvalue weighted by molar-refractivity contribution is -0.385. The molecule has 0 radical (unpaired) electrons. The van der Waals surface area contributed by atoms with Crippen molar-refractivity contribution in [3.05, 3.63) is 63.2 Å². The molecule has 0 aliphatic heterocycles. The molecular weight excluding hydrogens is 274 g/mol. The summed E-state index contributed by atoms with van der Waals surface area (Å²) in [5.74, 6) is -0.678. The Balaban J connectivity index is 2.49. The summed E-state index contributed by atoms with van der Waals surface area (Å²) in [6, 6.07) is 9.09. The van der Waals surface area contributed by atoms with Crippen molar-refractivity contribution in [2.45, 2.75) is 13.8 Å². The number of aromatic carboxylic acids is 1. The highest BCUT2D eigenvalue weighted by Crippen LogP contribution is 2.35. The molecule has 0 aliphatic carbocycles. The molecule has 1 N–H and O–H groups in total. The van der Waals surface area contributed by atoms with Crippen molar-refractivity contribution in [1.29, 1.82) is 0 Å². The summed E-state index contributed by atoms with van der Waals surface area (Å²) in [4.78, 5) is 21.3. The summed E-state index contributed by atoms with van der Waals surface area (Å²) in [6.07, 6.45) is 0. The molecule has 21 heavy (non-hydrogen) atoms. The van der Waals surface area contributed by atoms with Crippen LogP contribution < -0.4 is 4.74 Å². The van der Waals surface area contributed by atoms with Gasteiger partial charge in [-0.15, -0.1) is 0 Å². The fraction of sp³-hybridized carbons (Fsp3) is 0.133. The van der Waals surface area contributed by atoms with Crippen LogP contribution in [0.4, 0.5) is 5.69 Å². The molecule has 0 aromatic heterocycles. The molecule has 2 aromatic rings. The predicted octanol–water partition coefficient (Wildman–Crippen LogP) is 3.70. The van der Waals surface area contributed by atoms with E-state index in [0.29, 0.717) is 5.75 Å². The monoisotopic (exact) mass is 287 g/mol. The Bertz CT molecular complexity index is 704. The zero-order valence-corrected chi connectivity index (χ0v) is 11.5. The van der Waals surface area contributed by atoms with Crippen LogP contribution in [0.1, 0.15) is 21.5 Å². The first kappa shape index (κ1) is 14.5. The van der Waals surface area contributed by atoms with Crippen LogP contribution in [0.15, 0.2) is 36.4 Å². The Morgan fingerprint density at radius 1 is 1.19 bits per heavy atom. The Hall–Kier alpha value is -2.89. The van der Waals surface area contributed by atoms with E-state index in [-0.39, 0.29) is 17.0 Å². The molecule has 0 fully saturated rings. The molecule has 0 amide bonds. The van der Waals surface area contributed by atoms with E-state index in [4.69, 9.17) is 9.84 Å². The third kappa shape index (κ3) is 3.00. The van der Waals surface area contributed by atoms with Gasteiger partial charge in [-0.25, -0.2) is 4.79 Å². The van der Waals surface area contributed by atoms with Crippen LogP contribution >= 0.6 is 0 Å². The lowest BCUT2D eigenvalue weighted by atomic mass is 10.1. The Labute approximate surface area is 120 Å². The number of para-hydroxylation sites is 1. The standard InChI is InChI=1S/C15H13NO5/c1-9-4-3-5-10(2)14(9)21-13-7-6-11(15(17)18)8-12(13)16(19)20/h3-8H,1-2H3,(H,17,18). The maximum Gasteiger partial charge on any atom is 0.335 e. The van der Waals surface area contributed by atoms with E-state index < -0.39 is 10.9 Å². The topological polar surface area (TPSA) is 89.7 Å². The minimum atomic E-state index is -1.23. The molecule has 2 rings (SSSR count). The molecular formula is C15H13NO5. The van der Waals surface area contributed by atoms with Gasteiger partial charge in [0.05, 0.1) is 10.5 Å². The smallest absolute Gasteiger partial charge is 0.335 e. The third-order valence-corrected chi connectivity index (χ3v) is 3.02. The van der Waals surface area contributed by atoms with Gasteiger partial charge < -0.3 is 9.84 Å². The molecule has 0 atom stereocenters. The first-order valence-corrected chi connectivity index (χ1v) is 6.16. The van der Waals surface area contributed by atoms with Crippen molar-refractivity contribution in [3.8, 4) is 11.5 Å². The van der Waals surface area contributed by atoms with Crippen LogP contribution in [0, 0.1) is 24.0 Å². The fourth-order valence-electron chi connectivity index (χ4n) is 1.95. The van der Waals surface area contributed by atoms with Gasteiger partial charge in [-0.1, -0.05) is 18.2 Å². The number of benzene rings is 2. The number of carboxylic acid groups (broad SMARTS) is 1. The summed E-state index contributed by atoms with van der Waals surface area (Å²) in [7, 11) is 0. The molecule has 0 heterocycles. The predicted molar refractivity (Wildman–Crippen MR) is 76.0 cm³/mol. The number of ether oxygens (including phenoxy) is 1. The van der Waals surface area contributed by atoms with Crippen molar-refractivity contribution >= 4 is 11.7 Å². The molecule has 0 unspecified atom stereocenters. The minimum Gasteiger partial charge on any atom is -0.478 e. The quantitative estimate of drug-likeness (QED) is 0.684. The second-order valence-electron chi connectivity index (χ2n) is 4.57. The molecule has 6 nitrogen and oxygen atoms in total. The summed E-state index contributed by atoms with van der Waals surface area (Å²) in [6.45, 7) is 3.67. The lowest BCUT2D eigenvalue weighted by Gasteiger charge is -2.11. The molecule has 0 saturated heterocycles. The number of rotatable bonds is 4. The average Bonchev–Trinajstić information content (AvgIpc) is 2.42. The molecule has 6 heteroatoms. The van der Waals surface area contributed by atoms with Crippen LogP contribution in [0.2, 0.25) is 0 Å². The van der Waals surface area contributed by atoms with E-state index in [0.717, 1.165) is 17.2 Å². The lowest BCUT2D eigenvalue weighted by Crippen LogP contribution is -2.00. The van der Waals surface area contributed by atoms with Gasteiger partial charge in [-0.2, -0.15) is 0 Å². The summed E-state index contributed by atoms with van der Waals surface area (Å²) in [5.41, 5.74) is 1.14. The molecule has 2 aromatic carbocycles. The van der Waals surface area contributed by atoms with Crippen LogP contribution in [0.25, 0.3) is 0 Å². The van der Waals surface area contributed by atoms with Gasteiger partial charge >= 0.3 is 11.7 Å². The first-order valence-electron chi connectivity index (χ1n) is 6.16.